The van der Waals surface area contributed by atoms with Crippen molar-refractivity contribution >= 4 is 11.7 Å². The fraction of sp³-hybridized carbons (Fsp3) is 0.458. The van der Waals surface area contributed by atoms with Gasteiger partial charge >= 0.3 is 5.97 Å². The van der Waals surface area contributed by atoms with Crippen molar-refractivity contribution in [3.63, 3.8) is 0 Å². The Hall–Kier alpha value is -2.29. The second-order valence-electron chi connectivity index (χ2n) is 8.44. The average Bonchev–Trinajstić information content (AvgIpc) is 3.21. The maximum Gasteiger partial charge on any atom is 0.337 e. The van der Waals surface area contributed by atoms with E-state index in [0.29, 0.717) is 23.4 Å². The molecule has 0 saturated heterocycles. The average molecular weight is 361 g/mol. The Morgan fingerprint density at radius 2 is 1.89 bits per heavy atom. The summed E-state index contributed by atoms with van der Waals surface area (Å²) in [7, 11) is 1.46. The van der Waals surface area contributed by atoms with Gasteiger partial charge in [0, 0.05) is 5.69 Å². The maximum atomic E-state index is 12.1. The minimum absolute atomic E-state index is 0.242. The quantitative estimate of drug-likeness (QED) is 0.713. The molecule has 1 N–H and O–H groups in total. The number of nitrogens with one attached hydrogen (secondary N) is 1. The number of benzene rings is 2. The van der Waals surface area contributed by atoms with Crippen LogP contribution in [-0.2, 0) is 4.74 Å². The van der Waals surface area contributed by atoms with Crippen LogP contribution in [0, 0.1) is 17.8 Å². The molecule has 2 aromatic rings. The zero-order valence-electron chi connectivity index (χ0n) is 15.9. The molecule has 3 aliphatic rings. The van der Waals surface area contributed by atoms with Gasteiger partial charge in [-0.25, -0.2) is 4.79 Å². The van der Waals surface area contributed by atoms with Gasteiger partial charge in [0.2, 0.25) is 0 Å². The SMILES string of the molecule is COC(=O)c1ccc2c(c1)C1CCC3CCCC3C1C(c1ccccc1)N2. The minimum atomic E-state index is -0.242. The highest BCUT2D eigenvalue weighted by Crippen LogP contribution is 2.58. The molecule has 1 heterocycles. The number of esters is 1. The fourth-order valence-electron chi connectivity index (χ4n) is 6.13. The van der Waals surface area contributed by atoms with Crippen LogP contribution in [0.1, 0.15) is 65.5 Å². The number of rotatable bonds is 2. The van der Waals surface area contributed by atoms with Crippen molar-refractivity contribution in [2.45, 2.75) is 44.1 Å². The third kappa shape index (κ3) is 2.75. The molecule has 2 aliphatic carbocycles. The molecule has 2 aromatic carbocycles. The number of hydrogen-bond donors (Lipinski definition) is 1. The summed E-state index contributed by atoms with van der Waals surface area (Å²) in [6.45, 7) is 0. The Bertz CT molecular complexity index is 847. The van der Waals surface area contributed by atoms with Crippen molar-refractivity contribution in [2.75, 3.05) is 12.4 Å². The van der Waals surface area contributed by atoms with Crippen LogP contribution in [0.4, 0.5) is 5.69 Å². The van der Waals surface area contributed by atoms with E-state index in [2.05, 4.69) is 47.8 Å². The van der Waals surface area contributed by atoms with Crippen molar-refractivity contribution in [2.24, 2.45) is 17.8 Å². The van der Waals surface area contributed by atoms with Crippen molar-refractivity contribution in [1.29, 1.82) is 0 Å². The van der Waals surface area contributed by atoms with Gasteiger partial charge < -0.3 is 10.1 Å². The van der Waals surface area contributed by atoms with Crippen molar-refractivity contribution in [1.82, 2.24) is 0 Å². The molecular weight excluding hydrogens is 334 g/mol. The third-order valence-electron chi connectivity index (χ3n) is 7.25. The second-order valence-corrected chi connectivity index (χ2v) is 8.44. The highest BCUT2D eigenvalue weighted by atomic mass is 16.5. The Morgan fingerprint density at radius 1 is 1.04 bits per heavy atom. The summed E-state index contributed by atoms with van der Waals surface area (Å²) in [5.74, 6) is 2.56. The number of carbonyl (C=O) groups is 1. The molecule has 5 unspecified atom stereocenters. The molecule has 5 atom stereocenters. The van der Waals surface area contributed by atoms with Gasteiger partial charge in [0.05, 0.1) is 18.7 Å². The van der Waals surface area contributed by atoms with E-state index >= 15 is 0 Å². The lowest BCUT2D eigenvalue weighted by Gasteiger charge is -2.49. The summed E-state index contributed by atoms with van der Waals surface area (Å²) >= 11 is 0. The summed E-state index contributed by atoms with van der Waals surface area (Å²) < 4.78 is 4.96. The Balaban J connectivity index is 1.60. The molecule has 140 valence electrons. The largest absolute Gasteiger partial charge is 0.465 e. The number of ether oxygens (including phenoxy) is 1. The second kappa shape index (κ2) is 6.70. The van der Waals surface area contributed by atoms with Gasteiger partial charge in [0.25, 0.3) is 0 Å². The van der Waals surface area contributed by atoms with Crippen LogP contribution in [0.3, 0.4) is 0 Å². The summed E-state index contributed by atoms with van der Waals surface area (Å²) in [4.78, 5) is 12.1. The smallest absolute Gasteiger partial charge is 0.337 e. The first-order valence-electron chi connectivity index (χ1n) is 10.3. The van der Waals surface area contributed by atoms with Crippen LogP contribution < -0.4 is 5.32 Å². The van der Waals surface area contributed by atoms with E-state index in [4.69, 9.17) is 4.74 Å². The van der Waals surface area contributed by atoms with Gasteiger partial charge in [-0.2, -0.15) is 0 Å². The van der Waals surface area contributed by atoms with Crippen LogP contribution in [0.5, 0.6) is 0 Å². The van der Waals surface area contributed by atoms with Crippen LogP contribution in [-0.4, -0.2) is 13.1 Å². The molecule has 3 heteroatoms. The molecule has 2 fully saturated rings. The zero-order valence-corrected chi connectivity index (χ0v) is 15.9. The predicted molar refractivity (Wildman–Crippen MR) is 107 cm³/mol. The standard InChI is InChI=1S/C24H27NO2/c1-27-24(26)17-11-13-21-20(14-17)19-12-10-15-8-5-9-18(15)22(19)23(25-21)16-6-3-2-4-7-16/h2-4,6-7,11,13-15,18-19,22-23,25H,5,8-10,12H2,1H3. The van der Waals surface area contributed by atoms with Crippen LogP contribution in [0.25, 0.3) is 0 Å². The van der Waals surface area contributed by atoms with Gasteiger partial charge in [-0.1, -0.05) is 43.2 Å². The fourth-order valence-corrected chi connectivity index (χ4v) is 6.13. The molecule has 0 amide bonds. The molecule has 1 aliphatic heterocycles. The van der Waals surface area contributed by atoms with E-state index in [9.17, 15) is 4.79 Å². The first-order valence-corrected chi connectivity index (χ1v) is 10.3. The Labute approximate surface area is 161 Å². The third-order valence-corrected chi connectivity index (χ3v) is 7.25. The summed E-state index contributed by atoms with van der Waals surface area (Å²) in [5, 5.41) is 3.86. The monoisotopic (exact) mass is 361 g/mol. The summed E-state index contributed by atoms with van der Waals surface area (Å²) in [6, 6.07) is 17.3. The number of anilines is 1. The normalized spacial score (nSPS) is 31.2. The van der Waals surface area contributed by atoms with Crippen LogP contribution in [0.15, 0.2) is 48.5 Å². The Kier molecular flexibility index (Phi) is 4.18. The molecular formula is C24H27NO2. The minimum Gasteiger partial charge on any atom is -0.465 e. The first kappa shape index (κ1) is 16.9. The number of carbonyl (C=O) groups excluding carboxylic acids is 1. The van der Waals surface area contributed by atoms with Crippen molar-refractivity contribution in [3.8, 4) is 0 Å². The zero-order chi connectivity index (χ0) is 18.4. The van der Waals surface area contributed by atoms with E-state index in [0.717, 1.165) is 11.8 Å². The highest BCUT2D eigenvalue weighted by molar-refractivity contribution is 5.90. The molecule has 0 spiro atoms. The van der Waals surface area contributed by atoms with Gasteiger partial charge in [0.1, 0.15) is 0 Å². The predicted octanol–water partition coefficient (Wildman–Crippen LogP) is 5.55. The lowest BCUT2D eigenvalue weighted by atomic mass is 9.60. The maximum absolute atomic E-state index is 12.1. The lowest BCUT2D eigenvalue weighted by Crippen LogP contribution is -2.41. The van der Waals surface area contributed by atoms with E-state index in [1.165, 1.54) is 56.0 Å². The first-order chi connectivity index (χ1) is 13.3. The molecule has 0 aromatic heterocycles. The van der Waals surface area contributed by atoms with Gasteiger partial charge in [-0.3, -0.25) is 0 Å². The molecule has 3 nitrogen and oxygen atoms in total. The number of methoxy groups -OCH3 is 1. The number of hydrogen-bond acceptors (Lipinski definition) is 3. The van der Waals surface area contributed by atoms with E-state index in [-0.39, 0.29) is 5.97 Å². The van der Waals surface area contributed by atoms with Gasteiger partial charge in [-0.15, -0.1) is 0 Å². The molecule has 5 rings (SSSR count). The van der Waals surface area contributed by atoms with E-state index < -0.39 is 0 Å². The van der Waals surface area contributed by atoms with E-state index in [1.807, 2.05) is 6.07 Å². The Morgan fingerprint density at radius 3 is 2.70 bits per heavy atom. The van der Waals surface area contributed by atoms with Crippen LogP contribution in [0.2, 0.25) is 0 Å². The molecule has 0 bridgehead atoms. The van der Waals surface area contributed by atoms with Crippen LogP contribution >= 0.6 is 0 Å². The van der Waals surface area contributed by atoms with Crippen molar-refractivity contribution in [3.05, 3.63) is 65.2 Å². The number of fused-ring (bicyclic) bond motifs is 5. The molecule has 0 radical (unpaired) electrons. The highest BCUT2D eigenvalue weighted by Gasteiger charge is 2.48. The van der Waals surface area contributed by atoms with Gasteiger partial charge in [-0.05, 0) is 72.3 Å². The topological polar surface area (TPSA) is 38.3 Å². The molecule has 27 heavy (non-hydrogen) atoms. The van der Waals surface area contributed by atoms with Crippen molar-refractivity contribution < 1.29 is 9.53 Å². The summed E-state index contributed by atoms with van der Waals surface area (Å²) in [5.41, 5.74) is 4.57. The van der Waals surface area contributed by atoms with E-state index in [1.54, 1.807) is 0 Å². The summed E-state index contributed by atoms with van der Waals surface area (Å²) in [6.07, 6.45) is 6.67. The lowest BCUT2D eigenvalue weighted by molar-refractivity contribution is 0.0600. The molecule has 2 saturated carbocycles. The van der Waals surface area contributed by atoms with Gasteiger partial charge in [0.15, 0.2) is 0 Å².